The summed E-state index contributed by atoms with van der Waals surface area (Å²) in [5.74, 6) is -1.06. The highest BCUT2D eigenvalue weighted by atomic mass is 16.5. The number of anilines is 1. The molecular weight excluding hydrogens is 458 g/mol. The number of carbonyl (C=O) groups is 2. The number of rotatable bonds is 4. The number of nitrogens with zero attached hydrogens (tertiary/aromatic N) is 2. The van der Waals surface area contributed by atoms with Crippen LogP contribution in [0.1, 0.15) is 42.4 Å². The van der Waals surface area contributed by atoms with E-state index in [0.717, 1.165) is 24.2 Å². The first-order valence-corrected chi connectivity index (χ1v) is 12.7. The fourth-order valence-electron chi connectivity index (χ4n) is 7.38. The summed E-state index contributed by atoms with van der Waals surface area (Å²) in [5.41, 5.74) is 0.398. The molecule has 36 heavy (non-hydrogen) atoms. The van der Waals surface area contributed by atoms with Crippen LogP contribution in [-0.4, -0.2) is 57.6 Å². The van der Waals surface area contributed by atoms with Crippen LogP contribution in [0.5, 0.6) is 11.5 Å². The van der Waals surface area contributed by atoms with Crippen molar-refractivity contribution in [3.8, 4) is 17.6 Å². The number of nitrogens with one attached hydrogen (secondary N) is 1. The van der Waals surface area contributed by atoms with E-state index in [1.165, 1.54) is 12.8 Å². The number of phenols is 1. The number of aliphatic hydroxyl groups is 1. The summed E-state index contributed by atoms with van der Waals surface area (Å²) < 4.78 is 6.18. The topological polar surface area (TPSA) is 123 Å². The number of nitriles is 1. The minimum atomic E-state index is -1.35. The normalized spacial score (nSPS) is 33.9. The third kappa shape index (κ3) is 2.76. The van der Waals surface area contributed by atoms with Gasteiger partial charge in [-0.25, -0.2) is 0 Å². The summed E-state index contributed by atoms with van der Waals surface area (Å²) in [5, 5.41) is 35.1. The Hall–Kier alpha value is -3.41. The Bertz CT molecular complexity index is 1350. The van der Waals surface area contributed by atoms with Crippen molar-refractivity contribution in [1.82, 2.24) is 4.90 Å². The molecule has 2 aromatic carbocycles. The van der Waals surface area contributed by atoms with Gasteiger partial charge in [-0.05, 0) is 80.5 Å². The van der Waals surface area contributed by atoms with Crippen LogP contribution in [0.4, 0.5) is 5.69 Å². The molecule has 1 spiro atoms. The maximum absolute atomic E-state index is 13.9. The predicted molar refractivity (Wildman–Crippen MR) is 128 cm³/mol. The van der Waals surface area contributed by atoms with E-state index >= 15 is 0 Å². The first kappa shape index (κ1) is 21.8. The predicted octanol–water partition coefficient (Wildman–Crippen LogP) is 2.26. The summed E-state index contributed by atoms with van der Waals surface area (Å²) in [4.78, 5) is 29.7. The molecule has 1 saturated heterocycles. The maximum Gasteiger partial charge on any atom is 0.235 e. The quantitative estimate of drug-likeness (QED) is 0.568. The molecular formula is C28H27N3O5. The van der Waals surface area contributed by atoms with Crippen molar-refractivity contribution in [1.29, 1.82) is 5.26 Å². The van der Waals surface area contributed by atoms with Gasteiger partial charge >= 0.3 is 0 Å². The van der Waals surface area contributed by atoms with Crippen LogP contribution >= 0.6 is 0 Å². The molecule has 1 amide bonds. The lowest BCUT2D eigenvalue weighted by Gasteiger charge is -2.63. The van der Waals surface area contributed by atoms with Crippen molar-refractivity contribution in [3.63, 3.8) is 0 Å². The molecule has 184 valence electrons. The molecule has 3 aliphatic carbocycles. The Morgan fingerprint density at radius 1 is 1.22 bits per heavy atom. The van der Waals surface area contributed by atoms with Crippen molar-refractivity contribution in [2.24, 2.45) is 11.8 Å². The van der Waals surface area contributed by atoms with Gasteiger partial charge in [0.1, 0.15) is 5.92 Å². The molecule has 0 aromatic heterocycles. The Morgan fingerprint density at radius 2 is 2.00 bits per heavy atom. The molecule has 2 bridgehead atoms. The van der Waals surface area contributed by atoms with Gasteiger partial charge in [-0.3, -0.25) is 14.5 Å². The molecule has 2 saturated carbocycles. The minimum absolute atomic E-state index is 0.00811. The van der Waals surface area contributed by atoms with Gasteiger partial charge in [-0.15, -0.1) is 0 Å². The summed E-state index contributed by atoms with van der Waals surface area (Å²) in [6.45, 7) is 1.65. The molecule has 3 fully saturated rings. The molecule has 2 heterocycles. The second-order valence-corrected chi connectivity index (χ2v) is 11.1. The number of hydrogen-bond donors (Lipinski definition) is 3. The Labute approximate surface area is 208 Å². The van der Waals surface area contributed by atoms with E-state index in [1.54, 1.807) is 30.3 Å². The standard InChI is InChI=1S/C28H27N3O5/c29-13-15-3-6-18(7-4-15)30-26(34)19-12-28(35)21-11-17-5-8-20(32)24-22(17)27(28,25(36-24)23(19)33)9-10-31(21)14-16-1-2-16/h3-8,16,19,21,25,32,35H,1-2,9-12,14H2,(H,30,34)/t19?,21-,25+,27+,28-/m1/s1. The Balaban J connectivity index is 1.30. The van der Waals surface area contributed by atoms with Crippen molar-refractivity contribution < 1.29 is 24.5 Å². The lowest BCUT2D eigenvalue weighted by Crippen LogP contribution is -2.78. The van der Waals surface area contributed by atoms with Gasteiger partial charge in [0.25, 0.3) is 0 Å². The Morgan fingerprint density at radius 3 is 2.72 bits per heavy atom. The number of benzene rings is 2. The maximum atomic E-state index is 13.9. The van der Waals surface area contributed by atoms with E-state index in [1.807, 2.05) is 12.1 Å². The van der Waals surface area contributed by atoms with Crippen LogP contribution in [0.25, 0.3) is 0 Å². The molecule has 1 unspecified atom stereocenters. The average molecular weight is 486 g/mol. The van der Waals surface area contributed by atoms with Crippen molar-refractivity contribution in [2.75, 3.05) is 18.4 Å². The number of likely N-dealkylation sites (tertiary alicyclic amines) is 1. The molecule has 5 aliphatic rings. The number of carbonyl (C=O) groups excluding carboxylic acids is 2. The van der Waals surface area contributed by atoms with Crippen LogP contribution in [0.2, 0.25) is 0 Å². The average Bonchev–Trinajstić information content (AvgIpc) is 3.61. The molecule has 8 heteroatoms. The highest BCUT2D eigenvalue weighted by Crippen LogP contribution is 2.65. The van der Waals surface area contributed by atoms with Gasteiger partial charge in [0.15, 0.2) is 23.4 Å². The van der Waals surface area contributed by atoms with Gasteiger partial charge in [-0.2, -0.15) is 5.26 Å². The van der Waals surface area contributed by atoms with Crippen molar-refractivity contribution in [3.05, 3.63) is 53.1 Å². The number of aromatic hydroxyl groups is 1. The number of ether oxygens (including phenoxy) is 1. The summed E-state index contributed by atoms with van der Waals surface area (Å²) in [6.07, 6.45) is 2.50. The van der Waals surface area contributed by atoms with Crippen LogP contribution in [-0.2, 0) is 21.4 Å². The van der Waals surface area contributed by atoms with Crippen LogP contribution < -0.4 is 10.1 Å². The fraction of sp³-hybridized carbons (Fsp3) is 0.464. The third-order valence-corrected chi connectivity index (χ3v) is 9.23. The van der Waals surface area contributed by atoms with E-state index < -0.39 is 28.9 Å². The number of piperidine rings is 1. The molecule has 0 radical (unpaired) electrons. The second kappa shape index (κ2) is 7.31. The van der Waals surface area contributed by atoms with E-state index in [-0.39, 0.29) is 29.7 Å². The van der Waals surface area contributed by atoms with Gasteiger partial charge in [0, 0.05) is 23.8 Å². The Kier molecular flexibility index (Phi) is 4.43. The minimum Gasteiger partial charge on any atom is -0.504 e. The van der Waals surface area contributed by atoms with Gasteiger partial charge in [0.2, 0.25) is 5.91 Å². The monoisotopic (exact) mass is 485 g/mol. The zero-order valence-corrected chi connectivity index (χ0v) is 19.7. The summed E-state index contributed by atoms with van der Waals surface area (Å²) in [7, 11) is 0. The second-order valence-electron chi connectivity index (χ2n) is 11.1. The molecule has 2 aliphatic heterocycles. The largest absolute Gasteiger partial charge is 0.504 e. The van der Waals surface area contributed by atoms with E-state index in [0.29, 0.717) is 30.0 Å². The lowest BCUT2D eigenvalue weighted by molar-refractivity contribution is -0.197. The number of phenolic OH excluding ortho intramolecular Hbond substituents is 1. The van der Waals surface area contributed by atoms with E-state index in [4.69, 9.17) is 10.00 Å². The van der Waals surface area contributed by atoms with Crippen molar-refractivity contribution >= 4 is 17.4 Å². The lowest BCUT2D eigenvalue weighted by atomic mass is 9.47. The van der Waals surface area contributed by atoms with Gasteiger partial charge in [-0.1, -0.05) is 6.07 Å². The van der Waals surface area contributed by atoms with Crippen LogP contribution in [0.3, 0.4) is 0 Å². The number of Topliss-reactive ketones (excluding diaryl/α,β-unsaturated/α-hetero) is 1. The fourth-order valence-corrected chi connectivity index (χ4v) is 7.38. The smallest absolute Gasteiger partial charge is 0.235 e. The highest BCUT2D eigenvalue weighted by Gasteiger charge is 2.75. The molecule has 8 nitrogen and oxygen atoms in total. The van der Waals surface area contributed by atoms with Crippen LogP contribution in [0.15, 0.2) is 36.4 Å². The summed E-state index contributed by atoms with van der Waals surface area (Å²) >= 11 is 0. The number of hydrogen-bond acceptors (Lipinski definition) is 7. The van der Waals surface area contributed by atoms with E-state index in [2.05, 4.69) is 10.2 Å². The molecule has 3 N–H and O–H groups in total. The van der Waals surface area contributed by atoms with Crippen LogP contribution in [0, 0.1) is 23.2 Å². The first-order valence-electron chi connectivity index (χ1n) is 12.7. The van der Waals surface area contributed by atoms with Gasteiger partial charge in [0.05, 0.1) is 22.6 Å². The molecule has 2 aromatic rings. The molecule has 7 rings (SSSR count). The van der Waals surface area contributed by atoms with Gasteiger partial charge < -0.3 is 20.3 Å². The SMILES string of the molecule is N#Cc1ccc(NC(=O)C2C[C@@]3(O)[C@H]4Cc5ccc(O)c6c5[C@@]3(CCN4CC3CC3)[C@@H](O6)C2=O)cc1. The van der Waals surface area contributed by atoms with E-state index in [9.17, 15) is 19.8 Å². The number of ketones is 1. The zero-order valence-electron chi connectivity index (χ0n) is 19.7. The third-order valence-electron chi connectivity index (χ3n) is 9.23. The zero-order chi connectivity index (χ0) is 24.8. The first-order chi connectivity index (χ1) is 17.4. The number of amides is 1. The highest BCUT2D eigenvalue weighted by molar-refractivity contribution is 6.10. The summed E-state index contributed by atoms with van der Waals surface area (Å²) in [6, 6.07) is 11.8. The van der Waals surface area contributed by atoms with Crippen molar-refractivity contribution in [2.45, 2.75) is 55.3 Å². The molecule has 5 atom stereocenters.